The van der Waals surface area contributed by atoms with Gasteiger partial charge < -0.3 is 14.2 Å². The molecule has 0 spiro atoms. The van der Waals surface area contributed by atoms with E-state index in [1.807, 2.05) is 36.4 Å². The van der Waals surface area contributed by atoms with Crippen molar-refractivity contribution in [2.24, 2.45) is 11.3 Å². The normalized spacial score (nSPS) is 18.9. The Morgan fingerprint density at radius 1 is 1.14 bits per heavy atom. The summed E-state index contributed by atoms with van der Waals surface area (Å²) >= 11 is 0. The largest absolute Gasteiger partial charge is 0.468 e. The summed E-state index contributed by atoms with van der Waals surface area (Å²) in [6.07, 6.45) is 3.88. The van der Waals surface area contributed by atoms with Crippen LogP contribution in [-0.4, -0.2) is 32.8 Å². The van der Waals surface area contributed by atoms with Crippen molar-refractivity contribution in [2.75, 3.05) is 20.8 Å². The highest BCUT2D eigenvalue weighted by Gasteiger charge is 2.55. The highest BCUT2D eigenvalue weighted by Crippen LogP contribution is 2.41. The maximum atomic E-state index is 12.2. The molecule has 1 aromatic carbocycles. The number of rotatable bonds is 6. The van der Waals surface area contributed by atoms with Gasteiger partial charge in [-0.05, 0) is 12.0 Å². The summed E-state index contributed by atoms with van der Waals surface area (Å²) in [7, 11) is 2.54. The highest BCUT2D eigenvalue weighted by atomic mass is 16.5. The Morgan fingerprint density at radius 3 is 2.36 bits per heavy atom. The van der Waals surface area contributed by atoms with E-state index in [9.17, 15) is 9.59 Å². The Balaban J connectivity index is 2.05. The molecule has 0 aliphatic heterocycles. The van der Waals surface area contributed by atoms with Crippen LogP contribution in [0.2, 0.25) is 0 Å². The average molecular weight is 304 g/mol. The molecule has 2 rings (SSSR count). The Bertz CT molecular complexity index is 533. The van der Waals surface area contributed by atoms with Crippen LogP contribution in [0.1, 0.15) is 12.0 Å². The molecule has 0 bridgehead atoms. The maximum absolute atomic E-state index is 12.2. The van der Waals surface area contributed by atoms with Crippen LogP contribution in [0.25, 0.3) is 0 Å². The Kier molecular flexibility index (Phi) is 5.33. The van der Waals surface area contributed by atoms with Crippen LogP contribution in [-0.2, 0) is 30.4 Å². The fourth-order valence-corrected chi connectivity index (χ4v) is 2.73. The van der Waals surface area contributed by atoms with Crippen molar-refractivity contribution in [3.8, 4) is 0 Å². The van der Waals surface area contributed by atoms with E-state index in [2.05, 4.69) is 0 Å². The van der Waals surface area contributed by atoms with Crippen molar-refractivity contribution in [1.29, 1.82) is 0 Å². The summed E-state index contributed by atoms with van der Waals surface area (Å²) in [5.74, 6) is -1.56. The van der Waals surface area contributed by atoms with Crippen LogP contribution in [0.3, 0.4) is 0 Å². The number of allylic oxidation sites excluding steroid dienone is 1. The second kappa shape index (κ2) is 7.22. The van der Waals surface area contributed by atoms with E-state index in [-0.39, 0.29) is 13.0 Å². The van der Waals surface area contributed by atoms with Gasteiger partial charge in [0.2, 0.25) is 0 Å². The SMILES string of the molecule is COC(=O)C1(C(=O)OC)CC=C[C@@H]1COCc1ccccc1. The third kappa shape index (κ3) is 3.04. The van der Waals surface area contributed by atoms with Crippen LogP contribution >= 0.6 is 0 Å². The fraction of sp³-hybridized carbons (Fsp3) is 0.412. The van der Waals surface area contributed by atoms with Gasteiger partial charge in [0.15, 0.2) is 5.41 Å². The molecule has 0 N–H and O–H groups in total. The molecule has 1 aliphatic carbocycles. The lowest BCUT2D eigenvalue weighted by Gasteiger charge is -2.29. The third-order valence-corrected chi connectivity index (χ3v) is 3.95. The van der Waals surface area contributed by atoms with Gasteiger partial charge in [0, 0.05) is 5.92 Å². The molecule has 1 aromatic rings. The van der Waals surface area contributed by atoms with Crippen molar-refractivity contribution >= 4 is 11.9 Å². The van der Waals surface area contributed by atoms with Crippen LogP contribution in [0, 0.1) is 11.3 Å². The predicted octanol–water partition coefficient (Wildman–Crippen LogP) is 2.11. The zero-order valence-electron chi connectivity index (χ0n) is 12.8. The second-order valence-corrected chi connectivity index (χ2v) is 5.19. The van der Waals surface area contributed by atoms with E-state index in [1.165, 1.54) is 14.2 Å². The van der Waals surface area contributed by atoms with Gasteiger partial charge in [0.05, 0.1) is 27.4 Å². The van der Waals surface area contributed by atoms with Gasteiger partial charge in [-0.3, -0.25) is 9.59 Å². The minimum atomic E-state index is -1.33. The summed E-state index contributed by atoms with van der Waals surface area (Å²) in [5.41, 5.74) is -0.300. The Labute approximate surface area is 129 Å². The molecule has 118 valence electrons. The lowest BCUT2D eigenvalue weighted by Crippen LogP contribution is -2.46. The first-order chi connectivity index (χ1) is 10.6. The van der Waals surface area contributed by atoms with Gasteiger partial charge in [0.25, 0.3) is 0 Å². The highest BCUT2D eigenvalue weighted by molar-refractivity contribution is 6.01. The summed E-state index contributed by atoms with van der Waals surface area (Å²) < 4.78 is 15.3. The van der Waals surface area contributed by atoms with Crippen LogP contribution in [0.15, 0.2) is 42.5 Å². The van der Waals surface area contributed by atoms with Crippen molar-refractivity contribution < 1.29 is 23.8 Å². The van der Waals surface area contributed by atoms with Gasteiger partial charge in [-0.25, -0.2) is 0 Å². The zero-order valence-corrected chi connectivity index (χ0v) is 12.8. The van der Waals surface area contributed by atoms with Gasteiger partial charge in [-0.15, -0.1) is 0 Å². The molecule has 0 heterocycles. The topological polar surface area (TPSA) is 61.8 Å². The molecule has 0 fully saturated rings. The summed E-state index contributed by atoms with van der Waals surface area (Å²) in [4.78, 5) is 24.3. The Hall–Kier alpha value is -2.14. The molecule has 5 heteroatoms. The van der Waals surface area contributed by atoms with Crippen molar-refractivity contribution in [2.45, 2.75) is 13.0 Å². The van der Waals surface area contributed by atoms with Crippen LogP contribution in [0.5, 0.6) is 0 Å². The summed E-state index contributed by atoms with van der Waals surface area (Å²) in [6, 6.07) is 9.71. The monoisotopic (exact) mass is 304 g/mol. The lowest BCUT2D eigenvalue weighted by molar-refractivity contribution is -0.173. The van der Waals surface area contributed by atoms with E-state index < -0.39 is 23.3 Å². The van der Waals surface area contributed by atoms with Crippen molar-refractivity contribution in [3.05, 3.63) is 48.0 Å². The van der Waals surface area contributed by atoms with E-state index >= 15 is 0 Å². The minimum absolute atomic E-state index is 0.246. The molecule has 0 unspecified atom stereocenters. The molecular formula is C17H20O5. The first kappa shape index (κ1) is 16.2. The average Bonchev–Trinajstić information content (AvgIpc) is 2.99. The number of benzene rings is 1. The van der Waals surface area contributed by atoms with Gasteiger partial charge >= 0.3 is 11.9 Å². The van der Waals surface area contributed by atoms with Crippen LogP contribution < -0.4 is 0 Å². The first-order valence-corrected chi connectivity index (χ1v) is 7.10. The smallest absolute Gasteiger partial charge is 0.324 e. The minimum Gasteiger partial charge on any atom is -0.468 e. The van der Waals surface area contributed by atoms with Gasteiger partial charge in [-0.2, -0.15) is 0 Å². The third-order valence-electron chi connectivity index (χ3n) is 3.95. The predicted molar refractivity (Wildman–Crippen MR) is 79.8 cm³/mol. The summed E-state index contributed by atoms with van der Waals surface area (Å²) in [5, 5.41) is 0. The van der Waals surface area contributed by atoms with Crippen LogP contribution in [0.4, 0.5) is 0 Å². The summed E-state index contributed by atoms with van der Waals surface area (Å²) in [6.45, 7) is 0.666. The van der Waals surface area contributed by atoms with E-state index in [0.717, 1.165) is 5.56 Å². The molecular weight excluding hydrogens is 284 g/mol. The quantitative estimate of drug-likeness (QED) is 0.457. The molecule has 5 nitrogen and oxygen atoms in total. The van der Waals surface area contributed by atoms with E-state index in [1.54, 1.807) is 6.08 Å². The van der Waals surface area contributed by atoms with Gasteiger partial charge in [0.1, 0.15) is 0 Å². The molecule has 0 saturated carbocycles. The first-order valence-electron chi connectivity index (χ1n) is 7.10. The fourth-order valence-electron chi connectivity index (χ4n) is 2.73. The number of esters is 2. The molecule has 1 aliphatic rings. The number of carbonyl (C=O) groups is 2. The molecule has 1 atom stereocenters. The molecule has 0 radical (unpaired) electrons. The number of methoxy groups -OCH3 is 2. The Morgan fingerprint density at radius 2 is 1.77 bits per heavy atom. The number of ether oxygens (including phenoxy) is 3. The van der Waals surface area contributed by atoms with Crippen molar-refractivity contribution in [1.82, 2.24) is 0 Å². The molecule has 0 amide bonds. The molecule has 22 heavy (non-hydrogen) atoms. The van der Waals surface area contributed by atoms with Gasteiger partial charge in [-0.1, -0.05) is 42.5 Å². The molecule has 0 saturated heterocycles. The molecule has 0 aromatic heterocycles. The number of carbonyl (C=O) groups excluding carboxylic acids is 2. The van der Waals surface area contributed by atoms with E-state index in [4.69, 9.17) is 14.2 Å². The maximum Gasteiger partial charge on any atom is 0.324 e. The lowest BCUT2D eigenvalue weighted by atomic mass is 9.77. The second-order valence-electron chi connectivity index (χ2n) is 5.19. The number of hydrogen-bond acceptors (Lipinski definition) is 5. The zero-order chi connectivity index (χ0) is 16.0. The standard InChI is InChI=1S/C17H20O5/c1-20-15(18)17(16(19)21-2)10-6-9-14(17)12-22-11-13-7-4-3-5-8-13/h3-9,14H,10-12H2,1-2H3/t14-/m1/s1. The van der Waals surface area contributed by atoms with Crippen molar-refractivity contribution in [3.63, 3.8) is 0 Å². The van der Waals surface area contributed by atoms with E-state index in [0.29, 0.717) is 6.61 Å². The number of hydrogen-bond donors (Lipinski definition) is 0.